The number of carbonyl (C=O) groups is 1. The van der Waals surface area contributed by atoms with Gasteiger partial charge in [0.2, 0.25) is 0 Å². The molecule has 1 aromatic heterocycles. The molecule has 134 valence electrons. The summed E-state index contributed by atoms with van der Waals surface area (Å²) >= 11 is 1.40. The van der Waals surface area contributed by atoms with Gasteiger partial charge in [0.1, 0.15) is 18.1 Å². The van der Waals surface area contributed by atoms with Crippen molar-refractivity contribution in [3.63, 3.8) is 0 Å². The summed E-state index contributed by atoms with van der Waals surface area (Å²) in [6, 6.07) is 13.1. The molecular weight excluding hydrogens is 346 g/mol. The number of fused-ring (bicyclic) bond motifs is 1. The largest absolute Gasteiger partial charge is 0.508 e. The van der Waals surface area contributed by atoms with E-state index in [2.05, 4.69) is 4.90 Å². The molecule has 4 rings (SSSR count). The van der Waals surface area contributed by atoms with Crippen LogP contribution in [0.4, 0.5) is 0 Å². The molecule has 0 radical (unpaired) electrons. The monoisotopic (exact) mass is 367 g/mol. The van der Waals surface area contributed by atoms with Gasteiger partial charge in [0.05, 0.1) is 4.88 Å². The van der Waals surface area contributed by atoms with Gasteiger partial charge in [-0.05, 0) is 61.8 Å². The minimum Gasteiger partial charge on any atom is -0.508 e. The molecule has 0 atom stereocenters. The maximum atomic E-state index is 11.5. The van der Waals surface area contributed by atoms with Gasteiger partial charge in [-0.25, -0.2) is 0 Å². The van der Waals surface area contributed by atoms with Gasteiger partial charge < -0.3 is 9.84 Å². The Morgan fingerprint density at radius 3 is 2.62 bits per heavy atom. The van der Waals surface area contributed by atoms with Gasteiger partial charge in [0.25, 0.3) is 0 Å². The van der Waals surface area contributed by atoms with Crippen LogP contribution in [0.1, 0.15) is 22.5 Å². The van der Waals surface area contributed by atoms with Crippen molar-refractivity contribution in [2.24, 2.45) is 0 Å². The molecule has 2 heterocycles. The van der Waals surface area contributed by atoms with Crippen LogP contribution in [0.15, 0.2) is 42.5 Å². The lowest BCUT2D eigenvalue weighted by Crippen LogP contribution is -2.25. The molecule has 3 aromatic rings. The fourth-order valence-corrected chi connectivity index (χ4v) is 4.58. The highest BCUT2D eigenvalue weighted by Crippen LogP contribution is 2.39. The molecule has 1 aliphatic rings. The Morgan fingerprint density at radius 2 is 1.88 bits per heavy atom. The lowest BCUT2D eigenvalue weighted by atomic mass is 10.0. The molecule has 0 aliphatic carbocycles. The van der Waals surface area contributed by atoms with E-state index in [9.17, 15) is 9.90 Å². The number of aromatic hydroxyl groups is 1. The van der Waals surface area contributed by atoms with Gasteiger partial charge in [0.15, 0.2) is 6.29 Å². The van der Waals surface area contributed by atoms with Crippen LogP contribution in [0.5, 0.6) is 11.5 Å². The second-order valence-electron chi connectivity index (χ2n) is 6.56. The zero-order chi connectivity index (χ0) is 17.9. The van der Waals surface area contributed by atoms with Crippen molar-refractivity contribution in [3.05, 3.63) is 47.3 Å². The summed E-state index contributed by atoms with van der Waals surface area (Å²) in [5, 5.41) is 10.7. The van der Waals surface area contributed by atoms with Crippen LogP contribution in [-0.2, 0) is 0 Å². The molecule has 5 heteroatoms. The zero-order valence-electron chi connectivity index (χ0n) is 14.5. The van der Waals surface area contributed by atoms with E-state index in [0.29, 0.717) is 11.5 Å². The molecule has 1 N–H and O–H groups in total. The van der Waals surface area contributed by atoms with E-state index in [-0.39, 0.29) is 5.75 Å². The number of phenols is 1. The molecule has 1 fully saturated rings. The van der Waals surface area contributed by atoms with Gasteiger partial charge >= 0.3 is 0 Å². The van der Waals surface area contributed by atoms with Gasteiger partial charge in [-0.3, -0.25) is 9.69 Å². The lowest BCUT2D eigenvalue weighted by molar-refractivity contribution is 0.112. The third-order valence-electron chi connectivity index (χ3n) is 4.83. The second-order valence-corrected chi connectivity index (χ2v) is 7.64. The minimum atomic E-state index is 0.212. The Balaban J connectivity index is 1.53. The van der Waals surface area contributed by atoms with Gasteiger partial charge in [-0.2, -0.15) is 0 Å². The third kappa shape index (κ3) is 3.45. The van der Waals surface area contributed by atoms with E-state index in [4.69, 9.17) is 4.74 Å². The molecular formula is C21H21NO3S. The Labute approximate surface area is 156 Å². The van der Waals surface area contributed by atoms with Crippen molar-refractivity contribution in [1.82, 2.24) is 4.90 Å². The molecule has 26 heavy (non-hydrogen) atoms. The predicted molar refractivity (Wildman–Crippen MR) is 105 cm³/mol. The summed E-state index contributed by atoms with van der Waals surface area (Å²) in [7, 11) is 0. The van der Waals surface area contributed by atoms with E-state index in [0.717, 1.165) is 39.8 Å². The Hall–Kier alpha value is -2.37. The number of thiophene rings is 1. The van der Waals surface area contributed by atoms with Gasteiger partial charge in [0, 0.05) is 22.2 Å². The number of nitrogens with zero attached hydrogens (tertiary/aromatic N) is 1. The number of phenolic OH excluding ortho intramolecular Hbond substituents is 1. The summed E-state index contributed by atoms with van der Waals surface area (Å²) in [5.41, 5.74) is 1.90. The van der Waals surface area contributed by atoms with E-state index < -0.39 is 0 Å². The standard InChI is InChI=1S/C21H21NO3S/c23-14-20-21(18-8-5-16(24)13-19(18)26-20)15-3-6-17(7-4-15)25-12-11-22-9-1-2-10-22/h3-8,13-14,24H,1-2,9-12H2. The van der Waals surface area contributed by atoms with Crippen LogP contribution in [0.25, 0.3) is 21.2 Å². The summed E-state index contributed by atoms with van der Waals surface area (Å²) < 4.78 is 6.77. The Bertz CT molecular complexity index is 911. The predicted octanol–water partition coefficient (Wildman–Crippen LogP) is 4.56. The van der Waals surface area contributed by atoms with Crippen LogP contribution < -0.4 is 4.74 Å². The second kappa shape index (κ2) is 7.48. The number of ether oxygens (including phenoxy) is 1. The molecule has 0 spiro atoms. The Morgan fingerprint density at radius 1 is 1.12 bits per heavy atom. The summed E-state index contributed by atoms with van der Waals surface area (Å²) in [4.78, 5) is 14.6. The number of likely N-dealkylation sites (tertiary alicyclic amines) is 1. The quantitative estimate of drug-likeness (QED) is 0.649. The van der Waals surface area contributed by atoms with Crippen LogP contribution in [-0.4, -0.2) is 42.5 Å². The molecule has 4 nitrogen and oxygen atoms in total. The van der Waals surface area contributed by atoms with Crippen LogP contribution in [0, 0.1) is 0 Å². The van der Waals surface area contributed by atoms with Crippen molar-refractivity contribution in [2.45, 2.75) is 12.8 Å². The summed E-state index contributed by atoms with van der Waals surface area (Å²) in [6.07, 6.45) is 3.47. The molecule has 0 saturated carbocycles. The van der Waals surface area contributed by atoms with E-state index in [1.807, 2.05) is 30.3 Å². The molecule has 0 bridgehead atoms. The lowest BCUT2D eigenvalue weighted by Gasteiger charge is -2.15. The molecule has 0 amide bonds. The van der Waals surface area contributed by atoms with Crippen molar-refractivity contribution in [2.75, 3.05) is 26.2 Å². The van der Waals surface area contributed by atoms with E-state index in [1.165, 1.54) is 37.3 Å². The van der Waals surface area contributed by atoms with E-state index in [1.54, 1.807) is 12.1 Å². The number of benzene rings is 2. The Kier molecular flexibility index (Phi) is 4.91. The number of carbonyl (C=O) groups excluding carboxylic acids is 1. The highest BCUT2D eigenvalue weighted by molar-refractivity contribution is 7.21. The van der Waals surface area contributed by atoms with Crippen LogP contribution in [0.2, 0.25) is 0 Å². The first-order chi connectivity index (χ1) is 12.7. The maximum Gasteiger partial charge on any atom is 0.160 e. The fraction of sp³-hybridized carbons (Fsp3) is 0.286. The summed E-state index contributed by atoms with van der Waals surface area (Å²) in [5.74, 6) is 1.06. The highest BCUT2D eigenvalue weighted by Gasteiger charge is 2.14. The average molecular weight is 367 g/mol. The molecule has 0 unspecified atom stereocenters. The molecule has 2 aromatic carbocycles. The third-order valence-corrected chi connectivity index (χ3v) is 5.90. The first kappa shape index (κ1) is 17.1. The number of rotatable bonds is 6. The smallest absolute Gasteiger partial charge is 0.160 e. The normalized spacial score (nSPS) is 14.8. The zero-order valence-corrected chi connectivity index (χ0v) is 15.3. The van der Waals surface area contributed by atoms with Crippen molar-refractivity contribution in [3.8, 4) is 22.6 Å². The molecule has 1 saturated heterocycles. The number of hydrogen-bond acceptors (Lipinski definition) is 5. The highest BCUT2D eigenvalue weighted by atomic mass is 32.1. The average Bonchev–Trinajstić information content (AvgIpc) is 3.29. The first-order valence-electron chi connectivity index (χ1n) is 8.91. The van der Waals surface area contributed by atoms with Gasteiger partial charge in [-0.15, -0.1) is 11.3 Å². The van der Waals surface area contributed by atoms with Crippen molar-refractivity contribution >= 4 is 27.7 Å². The number of aldehydes is 1. The van der Waals surface area contributed by atoms with Crippen molar-refractivity contribution < 1.29 is 14.6 Å². The van der Waals surface area contributed by atoms with Crippen LogP contribution >= 0.6 is 11.3 Å². The number of hydrogen-bond donors (Lipinski definition) is 1. The summed E-state index contributed by atoms with van der Waals surface area (Å²) in [6.45, 7) is 4.02. The molecule has 1 aliphatic heterocycles. The van der Waals surface area contributed by atoms with Crippen LogP contribution in [0.3, 0.4) is 0 Å². The van der Waals surface area contributed by atoms with E-state index >= 15 is 0 Å². The topological polar surface area (TPSA) is 49.8 Å². The fourth-order valence-electron chi connectivity index (χ4n) is 3.50. The minimum absolute atomic E-state index is 0.212. The maximum absolute atomic E-state index is 11.5. The first-order valence-corrected chi connectivity index (χ1v) is 9.72. The van der Waals surface area contributed by atoms with Gasteiger partial charge in [-0.1, -0.05) is 12.1 Å². The SMILES string of the molecule is O=Cc1sc2cc(O)ccc2c1-c1ccc(OCCN2CCCC2)cc1. The van der Waals surface area contributed by atoms with Crippen molar-refractivity contribution in [1.29, 1.82) is 0 Å².